The molecule has 0 saturated carbocycles. The molecule has 4 aromatic rings. The first-order valence-electron chi connectivity index (χ1n) is 9.62. The minimum Gasteiger partial charge on any atom is -0.493 e. The van der Waals surface area contributed by atoms with Crippen LogP contribution in [0.4, 0.5) is 11.6 Å². The highest BCUT2D eigenvalue weighted by molar-refractivity contribution is 7.18. The largest absolute Gasteiger partial charge is 0.493 e. The van der Waals surface area contributed by atoms with E-state index < -0.39 is 0 Å². The maximum atomic E-state index is 11.1. The van der Waals surface area contributed by atoms with Crippen molar-refractivity contribution in [2.24, 2.45) is 0 Å². The Morgan fingerprint density at radius 2 is 1.85 bits per heavy atom. The molecule has 0 aliphatic heterocycles. The number of halogens is 1. The fourth-order valence-corrected chi connectivity index (χ4v) is 4.31. The predicted octanol–water partition coefficient (Wildman–Crippen LogP) is 4.36. The molecule has 4 rings (SSSR count). The average Bonchev–Trinajstić information content (AvgIpc) is 3.43. The third-order valence-electron chi connectivity index (χ3n) is 4.61. The lowest BCUT2D eigenvalue weighted by Gasteiger charge is -2.14. The summed E-state index contributed by atoms with van der Waals surface area (Å²) in [5.74, 6) is 2.23. The van der Waals surface area contributed by atoms with Crippen LogP contribution in [0.1, 0.15) is 11.8 Å². The fourth-order valence-electron chi connectivity index (χ4n) is 3.15. The van der Waals surface area contributed by atoms with Crippen molar-refractivity contribution in [3.05, 3.63) is 40.9 Å². The van der Waals surface area contributed by atoms with Crippen molar-refractivity contribution in [2.75, 3.05) is 26.6 Å². The van der Waals surface area contributed by atoms with Crippen molar-refractivity contribution in [1.29, 1.82) is 0 Å². The molecule has 172 valence electrons. The summed E-state index contributed by atoms with van der Waals surface area (Å²) in [6, 6.07) is 5.48. The van der Waals surface area contributed by atoms with Crippen molar-refractivity contribution in [3.8, 4) is 22.9 Å². The topological polar surface area (TPSA) is 110 Å². The van der Waals surface area contributed by atoms with Gasteiger partial charge in [0.25, 0.3) is 0 Å². The lowest BCUT2D eigenvalue weighted by atomic mass is 10.2. The van der Waals surface area contributed by atoms with Crippen molar-refractivity contribution in [1.82, 2.24) is 19.5 Å². The standard InChI is InChI=1S/C21H20ClN5O5S/c1-11(28)32-9-13-7-14-19(25-21(22)26-20(14)33-13)24-17-8-27(10-23-17)12-5-15(29-2)18(31-4)16(6-12)30-3/h5-8,10H,9H2,1-4H3,(H,24,25,26). The number of hydrogen-bond acceptors (Lipinski definition) is 10. The molecule has 0 fully saturated rings. The SMILES string of the molecule is COc1cc(-n2cnc(Nc3nc(Cl)nc4sc(COC(C)=O)cc34)c2)cc(OC)c1OC. The first kappa shape index (κ1) is 22.6. The Kier molecular flexibility index (Phi) is 6.52. The zero-order chi connectivity index (χ0) is 23.5. The van der Waals surface area contributed by atoms with E-state index in [-0.39, 0.29) is 17.9 Å². The number of nitrogens with one attached hydrogen (secondary N) is 1. The van der Waals surface area contributed by atoms with Gasteiger partial charge in [0.15, 0.2) is 11.5 Å². The molecule has 33 heavy (non-hydrogen) atoms. The van der Waals surface area contributed by atoms with Crippen LogP contribution in [-0.4, -0.2) is 46.8 Å². The van der Waals surface area contributed by atoms with Crippen LogP contribution in [0.15, 0.2) is 30.7 Å². The monoisotopic (exact) mass is 489 g/mol. The van der Waals surface area contributed by atoms with Crippen molar-refractivity contribution in [3.63, 3.8) is 0 Å². The van der Waals surface area contributed by atoms with Gasteiger partial charge in [-0.2, -0.15) is 4.98 Å². The third-order valence-corrected chi connectivity index (χ3v) is 5.78. The number of esters is 1. The van der Waals surface area contributed by atoms with Gasteiger partial charge in [-0.3, -0.25) is 4.79 Å². The van der Waals surface area contributed by atoms with Crippen molar-refractivity contribution in [2.45, 2.75) is 13.5 Å². The second kappa shape index (κ2) is 9.51. The molecular formula is C21H20ClN5O5S. The Morgan fingerprint density at radius 1 is 1.12 bits per heavy atom. The lowest BCUT2D eigenvalue weighted by Crippen LogP contribution is -1.99. The van der Waals surface area contributed by atoms with Gasteiger partial charge in [0.2, 0.25) is 11.0 Å². The number of benzene rings is 1. The summed E-state index contributed by atoms with van der Waals surface area (Å²) >= 11 is 7.49. The number of aromatic nitrogens is 4. The number of methoxy groups -OCH3 is 3. The smallest absolute Gasteiger partial charge is 0.302 e. The quantitative estimate of drug-likeness (QED) is 0.285. The Labute approximate surface area is 198 Å². The minimum absolute atomic E-state index is 0.0925. The summed E-state index contributed by atoms with van der Waals surface area (Å²) in [6.07, 6.45) is 3.43. The Balaban J connectivity index is 1.65. The third kappa shape index (κ3) is 4.78. The molecule has 0 aliphatic rings. The average molecular weight is 490 g/mol. The summed E-state index contributed by atoms with van der Waals surface area (Å²) in [5.41, 5.74) is 0.759. The van der Waals surface area contributed by atoms with Crippen LogP contribution in [0, 0.1) is 0 Å². The van der Waals surface area contributed by atoms with Crippen molar-refractivity contribution >= 4 is 50.8 Å². The highest BCUT2D eigenvalue weighted by Crippen LogP contribution is 2.39. The lowest BCUT2D eigenvalue weighted by molar-refractivity contribution is -0.142. The molecule has 10 nitrogen and oxygen atoms in total. The number of hydrogen-bond donors (Lipinski definition) is 1. The van der Waals surface area contributed by atoms with E-state index in [9.17, 15) is 4.79 Å². The van der Waals surface area contributed by atoms with Crippen LogP contribution in [0.2, 0.25) is 5.28 Å². The van der Waals surface area contributed by atoms with Crippen LogP contribution in [0.3, 0.4) is 0 Å². The second-order valence-electron chi connectivity index (χ2n) is 6.73. The number of fused-ring (bicyclic) bond motifs is 1. The van der Waals surface area contributed by atoms with E-state index in [2.05, 4.69) is 20.3 Å². The summed E-state index contributed by atoms with van der Waals surface area (Å²) in [4.78, 5) is 25.6. The van der Waals surface area contributed by atoms with Gasteiger partial charge in [-0.05, 0) is 17.7 Å². The maximum Gasteiger partial charge on any atom is 0.302 e. The van der Waals surface area contributed by atoms with Crippen LogP contribution in [-0.2, 0) is 16.1 Å². The Morgan fingerprint density at radius 3 is 2.48 bits per heavy atom. The van der Waals surface area contributed by atoms with Gasteiger partial charge >= 0.3 is 5.97 Å². The van der Waals surface area contributed by atoms with Crippen LogP contribution >= 0.6 is 22.9 Å². The highest BCUT2D eigenvalue weighted by Gasteiger charge is 2.16. The van der Waals surface area contributed by atoms with Gasteiger partial charge < -0.3 is 28.8 Å². The van der Waals surface area contributed by atoms with E-state index in [0.29, 0.717) is 33.7 Å². The molecule has 0 saturated heterocycles. The molecule has 0 atom stereocenters. The predicted molar refractivity (Wildman–Crippen MR) is 124 cm³/mol. The summed E-state index contributed by atoms with van der Waals surface area (Å²) in [7, 11) is 4.67. The molecule has 3 heterocycles. The molecule has 0 radical (unpaired) electrons. The van der Waals surface area contributed by atoms with E-state index in [4.69, 9.17) is 30.5 Å². The summed E-state index contributed by atoms with van der Waals surface area (Å²) < 4.78 is 23.1. The zero-order valence-corrected chi connectivity index (χ0v) is 19.8. The minimum atomic E-state index is -0.354. The molecule has 0 unspecified atom stereocenters. The van der Waals surface area contributed by atoms with Crippen molar-refractivity contribution < 1.29 is 23.7 Å². The highest BCUT2D eigenvalue weighted by atomic mass is 35.5. The van der Waals surface area contributed by atoms with Gasteiger partial charge in [0.1, 0.15) is 29.4 Å². The molecule has 12 heteroatoms. The number of carbonyl (C=O) groups is 1. The van der Waals surface area contributed by atoms with E-state index >= 15 is 0 Å². The first-order valence-corrected chi connectivity index (χ1v) is 10.8. The number of nitrogens with zero attached hydrogens (tertiary/aromatic N) is 4. The number of anilines is 2. The van der Waals surface area contributed by atoms with E-state index in [1.807, 2.05) is 18.2 Å². The Hall–Kier alpha value is -3.57. The number of ether oxygens (including phenoxy) is 4. The first-order chi connectivity index (χ1) is 15.9. The summed E-state index contributed by atoms with van der Waals surface area (Å²) in [6.45, 7) is 1.52. The summed E-state index contributed by atoms with van der Waals surface area (Å²) in [5, 5.41) is 4.02. The van der Waals surface area contributed by atoms with E-state index in [0.717, 1.165) is 16.0 Å². The second-order valence-corrected chi connectivity index (χ2v) is 8.18. The molecule has 3 aromatic heterocycles. The van der Waals surface area contributed by atoms with Crippen LogP contribution in [0.25, 0.3) is 15.9 Å². The van der Waals surface area contributed by atoms with Gasteiger partial charge in [0, 0.05) is 23.9 Å². The van der Waals surface area contributed by atoms with E-state index in [1.165, 1.54) is 18.3 Å². The molecule has 1 N–H and O–H groups in total. The van der Waals surface area contributed by atoms with Gasteiger partial charge in [-0.15, -0.1) is 11.3 Å². The van der Waals surface area contributed by atoms with E-state index in [1.54, 1.807) is 38.4 Å². The van der Waals surface area contributed by atoms with Crippen LogP contribution in [0.5, 0.6) is 17.2 Å². The molecule has 0 amide bonds. The van der Waals surface area contributed by atoms with Crippen LogP contribution < -0.4 is 19.5 Å². The fraction of sp³-hybridized carbons (Fsp3) is 0.238. The molecule has 0 spiro atoms. The van der Waals surface area contributed by atoms with Gasteiger partial charge in [0.05, 0.1) is 38.6 Å². The van der Waals surface area contributed by atoms with Gasteiger partial charge in [-0.1, -0.05) is 0 Å². The van der Waals surface area contributed by atoms with Gasteiger partial charge in [-0.25, -0.2) is 9.97 Å². The maximum absolute atomic E-state index is 11.1. The number of carbonyl (C=O) groups excluding carboxylic acids is 1. The normalized spacial score (nSPS) is 10.8. The molecule has 0 aliphatic carbocycles. The Bertz CT molecular complexity index is 1300. The number of thiophene rings is 1. The molecular weight excluding hydrogens is 470 g/mol. The molecule has 1 aromatic carbocycles. The number of imidazole rings is 1. The number of rotatable bonds is 8. The molecule has 0 bridgehead atoms. The zero-order valence-electron chi connectivity index (χ0n) is 18.2.